The summed E-state index contributed by atoms with van der Waals surface area (Å²) in [6.45, 7) is 2.22. The third-order valence-corrected chi connectivity index (χ3v) is 3.20. The number of carbonyl (C=O) groups excluding carboxylic acids is 2. The first kappa shape index (κ1) is 17.3. The van der Waals surface area contributed by atoms with Gasteiger partial charge < -0.3 is 19.8 Å². The fourth-order valence-corrected chi connectivity index (χ4v) is 1.87. The Morgan fingerprint density at radius 2 is 1.92 bits per heavy atom. The van der Waals surface area contributed by atoms with Crippen molar-refractivity contribution < 1.29 is 18.7 Å². The van der Waals surface area contributed by atoms with E-state index in [9.17, 15) is 9.59 Å². The van der Waals surface area contributed by atoms with Crippen molar-refractivity contribution in [1.82, 2.24) is 10.6 Å². The number of furan rings is 1. The number of nitrogens with one attached hydrogen (secondary N) is 2. The summed E-state index contributed by atoms with van der Waals surface area (Å²) in [6.07, 6.45) is 3.05. The lowest BCUT2D eigenvalue weighted by molar-refractivity contribution is -0.122. The molecule has 0 bridgehead atoms. The minimum absolute atomic E-state index is 0.0242. The van der Waals surface area contributed by atoms with Crippen molar-refractivity contribution in [2.75, 3.05) is 13.7 Å². The molecule has 126 valence electrons. The molecular weight excluding hydrogens is 308 g/mol. The second-order valence-corrected chi connectivity index (χ2v) is 5.11. The molecule has 0 saturated heterocycles. The molecule has 1 aromatic carbocycles. The minimum atomic E-state index is -0.205. The molecule has 0 spiro atoms. The van der Waals surface area contributed by atoms with E-state index in [1.807, 2.05) is 25.1 Å². The first-order valence-corrected chi connectivity index (χ1v) is 7.51. The van der Waals surface area contributed by atoms with Crippen LogP contribution < -0.4 is 15.4 Å². The molecule has 0 aliphatic rings. The summed E-state index contributed by atoms with van der Waals surface area (Å²) < 4.78 is 10.7. The van der Waals surface area contributed by atoms with Crippen LogP contribution in [0.25, 0.3) is 6.08 Å². The molecule has 2 amide bonds. The molecular formula is C18H20N2O4. The number of likely N-dealkylation sites (N-methyl/N-ethyl adjacent to an activating group) is 1. The summed E-state index contributed by atoms with van der Waals surface area (Å²) in [5.41, 5.74) is 0.929. The fourth-order valence-electron chi connectivity index (χ4n) is 1.87. The Morgan fingerprint density at radius 3 is 2.54 bits per heavy atom. The maximum atomic E-state index is 11.8. The van der Waals surface area contributed by atoms with Gasteiger partial charge in [-0.05, 0) is 42.8 Å². The van der Waals surface area contributed by atoms with Gasteiger partial charge in [-0.1, -0.05) is 12.1 Å². The highest BCUT2D eigenvalue weighted by atomic mass is 16.5. The van der Waals surface area contributed by atoms with Crippen molar-refractivity contribution in [2.45, 2.75) is 13.5 Å². The van der Waals surface area contributed by atoms with E-state index in [1.165, 1.54) is 6.08 Å². The molecule has 6 nitrogen and oxygen atoms in total. The molecule has 1 aromatic heterocycles. The number of rotatable bonds is 7. The molecule has 0 saturated carbocycles. The van der Waals surface area contributed by atoms with Gasteiger partial charge in [0.2, 0.25) is 5.91 Å². The zero-order valence-electron chi connectivity index (χ0n) is 13.7. The van der Waals surface area contributed by atoms with Gasteiger partial charge in [0.05, 0.1) is 0 Å². The van der Waals surface area contributed by atoms with E-state index in [4.69, 9.17) is 9.15 Å². The van der Waals surface area contributed by atoms with Crippen LogP contribution in [-0.4, -0.2) is 25.5 Å². The Balaban J connectivity index is 1.78. The molecule has 0 fully saturated rings. The average Bonchev–Trinajstić information content (AvgIpc) is 3.02. The Labute approximate surface area is 140 Å². The number of benzene rings is 1. The van der Waals surface area contributed by atoms with Crippen LogP contribution in [0.4, 0.5) is 0 Å². The van der Waals surface area contributed by atoms with E-state index in [1.54, 1.807) is 31.3 Å². The summed E-state index contributed by atoms with van der Waals surface area (Å²) in [4.78, 5) is 22.9. The van der Waals surface area contributed by atoms with E-state index in [0.29, 0.717) is 18.1 Å². The summed E-state index contributed by atoms with van der Waals surface area (Å²) in [5.74, 6) is 1.64. The van der Waals surface area contributed by atoms with Gasteiger partial charge in [0.15, 0.2) is 6.61 Å². The molecule has 0 atom stereocenters. The largest absolute Gasteiger partial charge is 0.484 e. The number of amides is 2. The molecule has 24 heavy (non-hydrogen) atoms. The number of carbonyl (C=O) groups is 2. The van der Waals surface area contributed by atoms with Crippen LogP contribution in [0.5, 0.6) is 5.75 Å². The van der Waals surface area contributed by atoms with Crippen molar-refractivity contribution >= 4 is 17.9 Å². The van der Waals surface area contributed by atoms with Crippen LogP contribution >= 0.6 is 0 Å². The second-order valence-electron chi connectivity index (χ2n) is 5.11. The standard InChI is InChI=1S/C18H20N2O4/c1-13-3-6-16(24-13)9-10-17(21)20-11-14-4-7-15(8-5-14)23-12-18(22)19-2/h3-10H,11-12H2,1-2H3,(H,19,22)(H,20,21)/b10-9+. The highest BCUT2D eigenvalue weighted by Crippen LogP contribution is 2.12. The highest BCUT2D eigenvalue weighted by Gasteiger charge is 2.01. The highest BCUT2D eigenvalue weighted by molar-refractivity contribution is 5.91. The molecule has 6 heteroatoms. The summed E-state index contributed by atoms with van der Waals surface area (Å²) in [7, 11) is 1.55. The molecule has 0 radical (unpaired) electrons. The van der Waals surface area contributed by atoms with E-state index in [-0.39, 0.29) is 18.4 Å². The average molecular weight is 328 g/mol. The van der Waals surface area contributed by atoms with Crippen molar-refractivity contribution in [3.05, 3.63) is 59.6 Å². The quantitative estimate of drug-likeness (QED) is 0.762. The van der Waals surface area contributed by atoms with Gasteiger partial charge in [-0.25, -0.2) is 0 Å². The molecule has 2 aromatic rings. The van der Waals surface area contributed by atoms with Crippen LogP contribution in [0.2, 0.25) is 0 Å². The van der Waals surface area contributed by atoms with Crippen molar-refractivity contribution in [2.24, 2.45) is 0 Å². The van der Waals surface area contributed by atoms with E-state index in [0.717, 1.165) is 11.3 Å². The van der Waals surface area contributed by atoms with E-state index < -0.39 is 0 Å². The Bertz CT molecular complexity index is 717. The van der Waals surface area contributed by atoms with Crippen molar-refractivity contribution in [3.63, 3.8) is 0 Å². The minimum Gasteiger partial charge on any atom is -0.484 e. The third-order valence-electron chi connectivity index (χ3n) is 3.20. The van der Waals surface area contributed by atoms with Crippen LogP contribution in [0.1, 0.15) is 17.1 Å². The first-order chi connectivity index (χ1) is 11.6. The summed E-state index contributed by atoms with van der Waals surface area (Å²) >= 11 is 0. The van der Waals surface area contributed by atoms with Gasteiger partial charge in [0.25, 0.3) is 5.91 Å². The molecule has 0 aliphatic heterocycles. The normalized spacial score (nSPS) is 10.6. The van der Waals surface area contributed by atoms with Crippen LogP contribution in [0.3, 0.4) is 0 Å². The van der Waals surface area contributed by atoms with Crippen LogP contribution in [-0.2, 0) is 16.1 Å². The monoisotopic (exact) mass is 328 g/mol. The zero-order valence-corrected chi connectivity index (χ0v) is 13.7. The summed E-state index contributed by atoms with van der Waals surface area (Å²) in [6, 6.07) is 10.8. The van der Waals surface area contributed by atoms with Gasteiger partial charge in [-0.2, -0.15) is 0 Å². The third kappa shape index (κ3) is 5.64. The number of hydrogen-bond acceptors (Lipinski definition) is 4. The predicted octanol–water partition coefficient (Wildman–Crippen LogP) is 2.04. The van der Waals surface area contributed by atoms with Crippen molar-refractivity contribution in [1.29, 1.82) is 0 Å². The Kier molecular flexibility index (Phi) is 6.19. The Hall–Kier alpha value is -3.02. The van der Waals surface area contributed by atoms with Gasteiger partial charge in [-0.15, -0.1) is 0 Å². The number of hydrogen-bond donors (Lipinski definition) is 2. The Morgan fingerprint density at radius 1 is 1.17 bits per heavy atom. The molecule has 0 unspecified atom stereocenters. The van der Waals surface area contributed by atoms with E-state index >= 15 is 0 Å². The van der Waals surface area contributed by atoms with Gasteiger partial charge in [0, 0.05) is 19.7 Å². The molecule has 2 N–H and O–H groups in total. The van der Waals surface area contributed by atoms with Gasteiger partial charge in [-0.3, -0.25) is 9.59 Å². The lowest BCUT2D eigenvalue weighted by Crippen LogP contribution is -2.24. The lowest BCUT2D eigenvalue weighted by Gasteiger charge is -2.07. The maximum Gasteiger partial charge on any atom is 0.257 e. The molecule has 0 aliphatic carbocycles. The fraction of sp³-hybridized carbons (Fsp3) is 0.222. The summed E-state index contributed by atoms with van der Waals surface area (Å²) in [5, 5.41) is 5.26. The second kappa shape index (κ2) is 8.57. The number of ether oxygens (including phenoxy) is 1. The molecule has 1 heterocycles. The topological polar surface area (TPSA) is 80.6 Å². The lowest BCUT2D eigenvalue weighted by atomic mass is 10.2. The smallest absolute Gasteiger partial charge is 0.257 e. The molecule has 2 rings (SSSR count). The SMILES string of the molecule is CNC(=O)COc1ccc(CNC(=O)/C=C/c2ccc(C)o2)cc1. The van der Waals surface area contributed by atoms with Crippen LogP contribution in [0.15, 0.2) is 46.9 Å². The number of aryl methyl sites for hydroxylation is 1. The van der Waals surface area contributed by atoms with Gasteiger partial charge in [0.1, 0.15) is 17.3 Å². The zero-order chi connectivity index (χ0) is 17.4. The van der Waals surface area contributed by atoms with Gasteiger partial charge >= 0.3 is 0 Å². The first-order valence-electron chi connectivity index (χ1n) is 7.51. The van der Waals surface area contributed by atoms with E-state index in [2.05, 4.69) is 10.6 Å². The van der Waals surface area contributed by atoms with Crippen molar-refractivity contribution in [3.8, 4) is 5.75 Å². The maximum absolute atomic E-state index is 11.8. The predicted molar refractivity (Wildman–Crippen MR) is 90.3 cm³/mol. The van der Waals surface area contributed by atoms with Crippen LogP contribution in [0, 0.1) is 6.92 Å².